The molecule has 2 heterocycles. The Bertz CT molecular complexity index is 792. The van der Waals surface area contributed by atoms with Crippen molar-refractivity contribution in [1.82, 2.24) is 20.5 Å². The lowest BCUT2D eigenvalue weighted by Crippen LogP contribution is -2.49. The van der Waals surface area contributed by atoms with Crippen LogP contribution in [0, 0.1) is 0 Å². The van der Waals surface area contributed by atoms with Gasteiger partial charge in [-0.05, 0) is 43.4 Å². The van der Waals surface area contributed by atoms with Gasteiger partial charge in [0, 0.05) is 50.2 Å². The fourth-order valence-electron chi connectivity index (χ4n) is 4.22. The Balaban J connectivity index is 1.34. The molecular weight excluding hydrogens is 364 g/mol. The van der Waals surface area contributed by atoms with Crippen LogP contribution in [0.2, 0.25) is 0 Å². The number of ether oxygens (including phenoxy) is 1. The number of rotatable bonds is 7. The molecule has 1 aliphatic heterocycles. The van der Waals surface area contributed by atoms with Crippen molar-refractivity contribution >= 4 is 5.91 Å². The van der Waals surface area contributed by atoms with Crippen LogP contribution in [0.5, 0.6) is 5.75 Å². The third-order valence-electron chi connectivity index (χ3n) is 5.81. The smallest absolute Gasteiger partial charge is 0.234 e. The van der Waals surface area contributed by atoms with Crippen LogP contribution in [0.25, 0.3) is 0 Å². The summed E-state index contributed by atoms with van der Waals surface area (Å²) >= 11 is 0. The maximum absolute atomic E-state index is 12.7. The van der Waals surface area contributed by atoms with Gasteiger partial charge in [-0.1, -0.05) is 24.3 Å². The Hall–Kier alpha value is -2.44. The molecule has 1 aromatic heterocycles. The summed E-state index contributed by atoms with van der Waals surface area (Å²) in [7, 11) is 0. The SMILES string of the molecule is O=C(CN1CCNCC1c1cccnc1)NCc1ccccc1OC1CCCC1. The summed E-state index contributed by atoms with van der Waals surface area (Å²) in [4.78, 5) is 19.1. The molecule has 6 nitrogen and oxygen atoms in total. The monoisotopic (exact) mass is 394 g/mol. The van der Waals surface area contributed by atoms with Crippen molar-refractivity contribution in [2.75, 3.05) is 26.2 Å². The minimum absolute atomic E-state index is 0.0384. The zero-order chi connectivity index (χ0) is 19.9. The summed E-state index contributed by atoms with van der Waals surface area (Å²) < 4.78 is 6.19. The molecule has 6 heteroatoms. The van der Waals surface area contributed by atoms with Gasteiger partial charge < -0.3 is 15.4 Å². The lowest BCUT2D eigenvalue weighted by molar-refractivity contribution is -0.123. The van der Waals surface area contributed by atoms with E-state index in [2.05, 4.69) is 26.6 Å². The minimum atomic E-state index is 0.0384. The van der Waals surface area contributed by atoms with E-state index in [4.69, 9.17) is 4.74 Å². The molecule has 1 saturated carbocycles. The van der Waals surface area contributed by atoms with Gasteiger partial charge in [0.25, 0.3) is 0 Å². The summed E-state index contributed by atoms with van der Waals surface area (Å²) in [5, 5.41) is 6.51. The number of nitrogens with zero attached hydrogens (tertiary/aromatic N) is 2. The molecular formula is C23H30N4O2. The molecule has 2 aliphatic rings. The molecule has 2 N–H and O–H groups in total. The van der Waals surface area contributed by atoms with Crippen molar-refractivity contribution in [3.8, 4) is 5.75 Å². The molecule has 4 rings (SSSR count). The summed E-state index contributed by atoms with van der Waals surface area (Å²) in [6, 6.07) is 12.2. The van der Waals surface area contributed by atoms with E-state index in [0.717, 1.165) is 49.4 Å². The van der Waals surface area contributed by atoms with Crippen molar-refractivity contribution in [2.45, 2.75) is 44.4 Å². The predicted molar refractivity (Wildman–Crippen MR) is 113 cm³/mol. The van der Waals surface area contributed by atoms with E-state index in [0.29, 0.717) is 19.2 Å². The van der Waals surface area contributed by atoms with E-state index in [-0.39, 0.29) is 11.9 Å². The summed E-state index contributed by atoms with van der Waals surface area (Å²) in [5.74, 6) is 0.937. The topological polar surface area (TPSA) is 66.5 Å². The number of benzene rings is 1. The van der Waals surface area contributed by atoms with E-state index in [1.165, 1.54) is 12.8 Å². The van der Waals surface area contributed by atoms with Gasteiger partial charge in [0.1, 0.15) is 5.75 Å². The molecule has 29 heavy (non-hydrogen) atoms. The van der Waals surface area contributed by atoms with Gasteiger partial charge in [0.15, 0.2) is 0 Å². The third-order valence-corrected chi connectivity index (χ3v) is 5.81. The normalized spacial score (nSPS) is 20.5. The Labute approximate surface area is 172 Å². The van der Waals surface area contributed by atoms with Crippen molar-refractivity contribution < 1.29 is 9.53 Å². The molecule has 1 atom stereocenters. The van der Waals surface area contributed by atoms with Crippen LogP contribution in [-0.2, 0) is 11.3 Å². The molecule has 0 bridgehead atoms. The number of aromatic nitrogens is 1. The van der Waals surface area contributed by atoms with Gasteiger partial charge in [-0.15, -0.1) is 0 Å². The summed E-state index contributed by atoms with van der Waals surface area (Å²) in [6.07, 6.45) is 8.71. The maximum Gasteiger partial charge on any atom is 0.234 e. The van der Waals surface area contributed by atoms with Gasteiger partial charge >= 0.3 is 0 Å². The van der Waals surface area contributed by atoms with Crippen LogP contribution in [-0.4, -0.2) is 48.1 Å². The van der Waals surface area contributed by atoms with E-state index in [1.54, 1.807) is 6.20 Å². The highest BCUT2D eigenvalue weighted by atomic mass is 16.5. The number of hydrogen-bond acceptors (Lipinski definition) is 5. The lowest BCUT2D eigenvalue weighted by atomic mass is 10.1. The van der Waals surface area contributed by atoms with E-state index >= 15 is 0 Å². The number of carbonyl (C=O) groups is 1. The molecule has 154 valence electrons. The number of pyridine rings is 1. The van der Waals surface area contributed by atoms with E-state index in [1.807, 2.05) is 36.5 Å². The summed E-state index contributed by atoms with van der Waals surface area (Å²) in [6.45, 7) is 3.44. The van der Waals surface area contributed by atoms with Gasteiger partial charge in [-0.25, -0.2) is 0 Å². The molecule has 2 aromatic rings. The molecule has 1 unspecified atom stereocenters. The highest BCUT2D eigenvalue weighted by Crippen LogP contribution is 2.26. The van der Waals surface area contributed by atoms with Crippen molar-refractivity contribution in [3.05, 3.63) is 59.9 Å². The average Bonchev–Trinajstić information content (AvgIpc) is 3.27. The quantitative estimate of drug-likeness (QED) is 0.756. The van der Waals surface area contributed by atoms with Crippen LogP contribution in [0.3, 0.4) is 0 Å². The second-order valence-electron chi connectivity index (χ2n) is 7.89. The van der Waals surface area contributed by atoms with Gasteiger partial charge in [-0.2, -0.15) is 0 Å². The van der Waals surface area contributed by atoms with E-state index < -0.39 is 0 Å². The minimum Gasteiger partial charge on any atom is -0.490 e. The number of hydrogen-bond donors (Lipinski definition) is 2. The largest absolute Gasteiger partial charge is 0.490 e. The standard InChI is InChI=1S/C23H30N4O2/c28-23(17-27-13-12-25-16-21(27)18-7-5-11-24-14-18)26-15-19-6-1-4-10-22(19)29-20-8-2-3-9-20/h1,4-7,10-11,14,20-21,25H,2-3,8-9,12-13,15-17H2,(H,26,28). The van der Waals surface area contributed by atoms with Crippen molar-refractivity contribution in [3.63, 3.8) is 0 Å². The molecule has 1 saturated heterocycles. The Morgan fingerprint density at radius 2 is 2.07 bits per heavy atom. The fourth-order valence-corrected chi connectivity index (χ4v) is 4.22. The predicted octanol–water partition coefficient (Wildman–Crippen LogP) is 2.67. The number of amides is 1. The molecule has 0 spiro atoms. The van der Waals surface area contributed by atoms with Crippen molar-refractivity contribution in [2.24, 2.45) is 0 Å². The highest BCUT2D eigenvalue weighted by Gasteiger charge is 2.25. The zero-order valence-electron chi connectivity index (χ0n) is 16.8. The first-order valence-corrected chi connectivity index (χ1v) is 10.7. The first-order valence-electron chi connectivity index (χ1n) is 10.7. The van der Waals surface area contributed by atoms with Crippen LogP contribution < -0.4 is 15.4 Å². The molecule has 2 fully saturated rings. The average molecular weight is 395 g/mol. The molecule has 1 aromatic carbocycles. The van der Waals surface area contributed by atoms with Crippen LogP contribution >= 0.6 is 0 Å². The number of para-hydroxylation sites is 1. The van der Waals surface area contributed by atoms with Crippen LogP contribution in [0.1, 0.15) is 42.9 Å². The van der Waals surface area contributed by atoms with Crippen molar-refractivity contribution in [1.29, 1.82) is 0 Å². The van der Waals surface area contributed by atoms with Gasteiger partial charge in [0.2, 0.25) is 5.91 Å². The molecule has 1 amide bonds. The Morgan fingerprint density at radius 3 is 2.90 bits per heavy atom. The lowest BCUT2D eigenvalue weighted by Gasteiger charge is -2.35. The molecule has 0 radical (unpaired) electrons. The first-order chi connectivity index (χ1) is 14.3. The number of nitrogens with one attached hydrogen (secondary N) is 2. The fraction of sp³-hybridized carbons (Fsp3) is 0.478. The summed E-state index contributed by atoms with van der Waals surface area (Å²) in [5.41, 5.74) is 2.18. The number of piperazine rings is 1. The number of carbonyl (C=O) groups excluding carboxylic acids is 1. The Kier molecular flexibility index (Phi) is 6.75. The first kappa shape index (κ1) is 19.9. The second-order valence-corrected chi connectivity index (χ2v) is 7.89. The zero-order valence-corrected chi connectivity index (χ0v) is 16.8. The van der Waals surface area contributed by atoms with E-state index in [9.17, 15) is 4.79 Å². The van der Waals surface area contributed by atoms with Crippen LogP contribution in [0.4, 0.5) is 0 Å². The maximum atomic E-state index is 12.7. The van der Waals surface area contributed by atoms with Gasteiger partial charge in [-0.3, -0.25) is 14.7 Å². The van der Waals surface area contributed by atoms with Gasteiger partial charge in [0.05, 0.1) is 12.6 Å². The Morgan fingerprint density at radius 1 is 1.21 bits per heavy atom. The second kappa shape index (κ2) is 9.85. The van der Waals surface area contributed by atoms with Crippen LogP contribution in [0.15, 0.2) is 48.8 Å². The highest BCUT2D eigenvalue weighted by molar-refractivity contribution is 5.78. The molecule has 1 aliphatic carbocycles. The third kappa shape index (κ3) is 5.34.